The SMILES string of the molecule is CNCc1cccc(Cl)c1OCc1csc(C(C)C)n1. The maximum absolute atomic E-state index is 6.22. The smallest absolute Gasteiger partial charge is 0.142 e. The molecule has 1 heterocycles. The molecule has 5 heteroatoms. The Bertz CT molecular complexity index is 569. The molecule has 3 nitrogen and oxygen atoms in total. The van der Waals surface area contributed by atoms with E-state index in [1.165, 1.54) is 0 Å². The van der Waals surface area contributed by atoms with E-state index < -0.39 is 0 Å². The molecule has 2 rings (SSSR count). The number of hydrogen-bond donors (Lipinski definition) is 1. The number of nitrogens with zero attached hydrogens (tertiary/aromatic N) is 1. The fourth-order valence-electron chi connectivity index (χ4n) is 1.85. The van der Waals surface area contributed by atoms with Crippen molar-refractivity contribution in [1.82, 2.24) is 10.3 Å². The summed E-state index contributed by atoms with van der Waals surface area (Å²) in [5.41, 5.74) is 2.01. The molecule has 0 aliphatic heterocycles. The van der Waals surface area contributed by atoms with Crippen LogP contribution in [-0.2, 0) is 13.2 Å². The molecule has 0 atom stereocenters. The van der Waals surface area contributed by atoms with Gasteiger partial charge in [0.15, 0.2) is 0 Å². The molecule has 20 heavy (non-hydrogen) atoms. The lowest BCUT2D eigenvalue weighted by Crippen LogP contribution is -2.08. The van der Waals surface area contributed by atoms with Gasteiger partial charge < -0.3 is 10.1 Å². The number of nitrogens with one attached hydrogen (secondary N) is 1. The largest absolute Gasteiger partial charge is 0.485 e. The van der Waals surface area contributed by atoms with Crippen molar-refractivity contribution in [1.29, 1.82) is 0 Å². The van der Waals surface area contributed by atoms with Crippen molar-refractivity contribution in [2.24, 2.45) is 0 Å². The molecule has 0 amide bonds. The zero-order chi connectivity index (χ0) is 14.5. The minimum Gasteiger partial charge on any atom is -0.485 e. The van der Waals surface area contributed by atoms with Gasteiger partial charge in [0.05, 0.1) is 15.7 Å². The van der Waals surface area contributed by atoms with Crippen LogP contribution in [0, 0.1) is 0 Å². The minimum atomic E-state index is 0.448. The quantitative estimate of drug-likeness (QED) is 0.867. The number of hydrogen-bond acceptors (Lipinski definition) is 4. The fraction of sp³-hybridized carbons (Fsp3) is 0.400. The van der Waals surface area contributed by atoms with Gasteiger partial charge in [-0.25, -0.2) is 4.98 Å². The van der Waals surface area contributed by atoms with E-state index in [0.717, 1.165) is 28.6 Å². The van der Waals surface area contributed by atoms with Crippen LogP contribution in [0.25, 0.3) is 0 Å². The Hall–Kier alpha value is -1.10. The van der Waals surface area contributed by atoms with E-state index >= 15 is 0 Å². The molecule has 0 radical (unpaired) electrons. The van der Waals surface area contributed by atoms with Gasteiger partial charge in [-0.1, -0.05) is 37.6 Å². The highest BCUT2D eigenvalue weighted by Crippen LogP contribution is 2.29. The lowest BCUT2D eigenvalue weighted by atomic mass is 10.2. The molecule has 0 bridgehead atoms. The minimum absolute atomic E-state index is 0.448. The monoisotopic (exact) mass is 310 g/mol. The number of para-hydroxylation sites is 1. The number of halogens is 1. The van der Waals surface area contributed by atoms with E-state index in [-0.39, 0.29) is 0 Å². The molecule has 108 valence electrons. The van der Waals surface area contributed by atoms with Crippen LogP contribution in [0.2, 0.25) is 5.02 Å². The molecule has 1 aromatic heterocycles. The lowest BCUT2D eigenvalue weighted by molar-refractivity contribution is 0.298. The summed E-state index contributed by atoms with van der Waals surface area (Å²) in [6.07, 6.45) is 0. The summed E-state index contributed by atoms with van der Waals surface area (Å²) in [5.74, 6) is 1.19. The van der Waals surface area contributed by atoms with Crippen molar-refractivity contribution in [3.8, 4) is 5.75 Å². The highest BCUT2D eigenvalue weighted by atomic mass is 35.5. The summed E-state index contributed by atoms with van der Waals surface area (Å²) in [7, 11) is 1.90. The number of aromatic nitrogens is 1. The molecule has 0 spiro atoms. The molecular formula is C15H19ClN2OS. The lowest BCUT2D eigenvalue weighted by Gasteiger charge is -2.12. The Balaban J connectivity index is 2.09. The van der Waals surface area contributed by atoms with Gasteiger partial charge in [-0.3, -0.25) is 0 Å². The third-order valence-corrected chi connectivity index (χ3v) is 4.34. The second-order valence-electron chi connectivity index (χ2n) is 4.88. The predicted molar refractivity (Wildman–Crippen MR) is 84.8 cm³/mol. The van der Waals surface area contributed by atoms with Gasteiger partial charge in [-0.05, 0) is 13.1 Å². The summed E-state index contributed by atoms with van der Waals surface area (Å²) in [6, 6.07) is 5.79. The van der Waals surface area contributed by atoms with Crippen LogP contribution in [-0.4, -0.2) is 12.0 Å². The van der Waals surface area contributed by atoms with Gasteiger partial charge in [0.2, 0.25) is 0 Å². The van der Waals surface area contributed by atoms with Crippen LogP contribution in [0.1, 0.15) is 36.0 Å². The third-order valence-electron chi connectivity index (χ3n) is 2.84. The summed E-state index contributed by atoms with van der Waals surface area (Å²) in [5, 5.41) is 6.94. The average molecular weight is 311 g/mol. The van der Waals surface area contributed by atoms with Crippen molar-refractivity contribution in [3.05, 3.63) is 44.9 Å². The molecule has 0 fully saturated rings. The van der Waals surface area contributed by atoms with Crippen molar-refractivity contribution < 1.29 is 4.74 Å². The summed E-state index contributed by atoms with van der Waals surface area (Å²) in [4.78, 5) is 4.56. The van der Waals surface area contributed by atoms with Crippen LogP contribution < -0.4 is 10.1 Å². The average Bonchev–Trinajstić information content (AvgIpc) is 2.87. The Morgan fingerprint density at radius 3 is 2.85 bits per heavy atom. The predicted octanol–water partition coefficient (Wildman–Crippen LogP) is 4.22. The molecule has 0 unspecified atom stereocenters. The molecule has 0 aliphatic rings. The standard InChI is InChI=1S/C15H19ClN2OS/c1-10(2)15-18-12(9-20-15)8-19-14-11(7-17-3)5-4-6-13(14)16/h4-6,9-10,17H,7-8H2,1-3H3. The Kier molecular flexibility index (Phi) is 5.40. The first-order chi connectivity index (χ1) is 9.61. The molecular weight excluding hydrogens is 292 g/mol. The molecule has 0 aliphatic carbocycles. The summed E-state index contributed by atoms with van der Waals surface area (Å²) >= 11 is 7.89. The number of ether oxygens (including phenoxy) is 1. The third kappa shape index (κ3) is 3.72. The van der Waals surface area contributed by atoms with Crippen molar-refractivity contribution in [2.75, 3.05) is 7.05 Å². The maximum Gasteiger partial charge on any atom is 0.142 e. The van der Waals surface area contributed by atoms with E-state index in [1.54, 1.807) is 11.3 Å². The Morgan fingerprint density at radius 2 is 2.20 bits per heavy atom. The van der Waals surface area contributed by atoms with Crippen LogP contribution in [0.4, 0.5) is 0 Å². The molecule has 1 N–H and O–H groups in total. The molecule has 0 saturated carbocycles. The van der Waals surface area contributed by atoms with Gasteiger partial charge in [0.25, 0.3) is 0 Å². The van der Waals surface area contributed by atoms with Crippen LogP contribution in [0.5, 0.6) is 5.75 Å². The van der Waals surface area contributed by atoms with E-state index in [9.17, 15) is 0 Å². The fourth-order valence-corrected chi connectivity index (χ4v) is 2.91. The second-order valence-corrected chi connectivity index (χ2v) is 6.18. The van der Waals surface area contributed by atoms with E-state index in [2.05, 4.69) is 24.1 Å². The topological polar surface area (TPSA) is 34.1 Å². The zero-order valence-electron chi connectivity index (χ0n) is 11.9. The first kappa shape index (κ1) is 15.3. The van der Waals surface area contributed by atoms with Crippen molar-refractivity contribution >= 4 is 22.9 Å². The number of benzene rings is 1. The first-order valence-corrected chi connectivity index (χ1v) is 7.86. The van der Waals surface area contributed by atoms with Crippen molar-refractivity contribution in [3.63, 3.8) is 0 Å². The van der Waals surface area contributed by atoms with Gasteiger partial charge in [-0.2, -0.15) is 0 Å². The molecule has 1 aromatic carbocycles. The maximum atomic E-state index is 6.22. The van der Waals surface area contributed by atoms with Gasteiger partial charge in [-0.15, -0.1) is 11.3 Å². The second kappa shape index (κ2) is 7.07. The van der Waals surface area contributed by atoms with Crippen molar-refractivity contribution in [2.45, 2.75) is 32.9 Å². The Morgan fingerprint density at radius 1 is 1.40 bits per heavy atom. The summed E-state index contributed by atoms with van der Waals surface area (Å²) < 4.78 is 5.87. The van der Waals surface area contributed by atoms with E-state index in [1.807, 2.05) is 30.6 Å². The Labute approximate surface area is 129 Å². The number of thiazole rings is 1. The zero-order valence-corrected chi connectivity index (χ0v) is 13.5. The van der Waals surface area contributed by atoms with E-state index in [4.69, 9.17) is 16.3 Å². The summed E-state index contributed by atoms with van der Waals surface area (Å²) in [6.45, 7) is 5.46. The first-order valence-electron chi connectivity index (χ1n) is 6.61. The normalized spacial score (nSPS) is 11.1. The van der Waals surface area contributed by atoms with Crippen LogP contribution >= 0.6 is 22.9 Å². The van der Waals surface area contributed by atoms with Gasteiger partial charge in [0.1, 0.15) is 12.4 Å². The van der Waals surface area contributed by atoms with Gasteiger partial charge in [0, 0.05) is 23.4 Å². The highest BCUT2D eigenvalue weighted by Gasteiger charge is 2.10. The van der Waals surface area contributed by atoms with E-state index in [0.29, 0.717) is 17.5 Å². The number of rotatable bonds is 6. The van der Waals surface area contributed by atoms with Crippen LogP contribution in [0.3, 0.4) is 0 Å². The van der Waals surface area contributed by atoms with Crippen LogP contribution in [0.15, 0.2) is 23.6 Å². The molecule has 0 saturated heterocycles. The van der Waals surface area contributed by atoms with Gasteiger partial charge >= 0.3 is 0 Å². The molecule has 2 aromatic rings. The highest BCUT2D eigenvalue weighted by molar-refractivity contribution is 7.09.